The molecule has 8 heteroatoms. The van der Waals surface area contributed by atoms with Crippen LogP contribution < -0.4 is 52.9 Å². The Labute approximate surface area is 250 Å². The lowest BCUT2D eigenvalue weighted by molar-refractivity contribution is -0.709. The molecule has 4 nitrogen and oxygen atoms in total. The van der Waals surface area contributed by atoms with Crippen LogP contribution in [0.5, 0.6) is 0 Å². The van der Waals surface area contributed by atoms with E-state index in [2.05, 4.69) is 82.1 Å². The fourth-order valence-electron chi connectivity index (χ4n) is 4.52. The van der Waals surface area contributed by atoms with Crippen LogP contribution in [0.1, 0.15) is 6.42 Å². The predicted octanol–water partition coefficient (Wildman–Crippen LogP) is 0.449. The van der Waals surface area contributed by atoms with Crippen molar-refractivity contribution in [2.24, 2.45) is 11.8 Å². The third kappa shape index (κ3) is 7.47. The van der Waals surface area contributed by atoms with Gasteiger partial charge in [0.15, 0.2) is 37.9 Å². The summed E-state index contributed by atoms with van der Waals surface area (Å²) in [6.07, 6.45) is 10.0. The quantitative estimate of drug-likeness (QED) is 0.254. The monoisotopic (exact) mass is 662 g/mol. The Morgan fingerprint density at radius 2 is 0.865 bits per heavy atom. The number of halogens is 4. The molecule has 5 rings (SSSR count). The highest BCUT2D eigenvalue weighted by molar-refractivity contribution is 6.30. The summed E-state index contributed by atoms with van der Waals surface area (Å²) in [7, 11) is 4.16. The van der Waals surface area contributed by atoms with Gasteiger partial charge in [0.05, 0.1) is 11.4 Å². The maximum atomic E-state index is 6.02. The van der Waals surface area contributed by atoms with Gasteiger partial charge in [-0.05, 0) is 55.0 Å². The maximum absolute atomic E-state index is 6.02. The lowest BCUT2D eigenvalue weighted by Crippen LogP contribution is -3.00. The minimum atomic E-state index is 0. The molecule has 194 valence electrons. The van der Waals surface area contributed by atoms with Gasteiger partial charge in [-0.2, -0.15) is 0 Å². The van der Waals surface area contributed by atoms with Crippen molar-refractivity contribution in [1.82, 2.24) is 0 Å². The third-order valence-corrected chi connectivity index (χ3v) is 7.41. The van der Waals surface area contributed by atoms with Gasteiger partial charge < -0.3 is 43.8 Å². The number of anilines is 4. The predicted molar refractivity (Wildman–Crippen MR) is 144 cm³/mol. The first kappa shape index (κ1) is 29.4. The van der Waals surface area contributed by atoms with Gasteiger partial charge in [0.25, 0.3) is 0 Å². The van der Waals surface area contributed by atoms with Crippen LogP contribution in [0, 0.1) is 11.8 Å². The van der Waals surface area contributed by atoms with Crippen molar-refractivity contribution in [2.45, 2.75) is 19.5 Å². The van der Waals surface area contributed by atoms with Gasteiger partial charge in [-0.15, -0.1) is 0 Å². The molecule has 1 saturated carbocycles. The van der Waals surface area contributed by atoms with Crippen molar-refractivity contribution in [1.29, 1.82) is 0 Å². The minimum Gasteiger partial charge on any atom is -1.00 e. The van der Waals surface area contributed by atoms with Crippen molar-refractivity contribution in [3.8, 4) is 0 Å². The number of rotatable bonds is 8. The van der Waals surface area contributed by atoms with E-state index in [-0.39, 0.29) is 34.0 Å². The van der Waals surface area contributed by atoms with Crippen LogP contribution in [0.4, 0.5) is 22.7 Å². The molecule has 0 amide bonds. The Morgan fingerprint density at radius 1 is 0.568 bits per heavy atom. The van der Waals surface area contributed by atoms with E-state index in [0.29, 0.717) is 0 Å². The van der Waals surface area contributed by atoms with E-state index in [0.717, 1.165) is 57.7 Å². The molecule has 0 saturated heterocycles. The van der Waals surface area contributed by atoms with Crippen LogP contribution in [-0.2, 0) is 13.1 Å². The van der Waals surface area contributed by atoms with Crippen LogP contribution >= 0.6 is 23.2 Å². The zero-order valence-electron chi connectivity index (χ0n) is 20.8. The van der Waals surface area contributed by atoms with Crippen molar-refractivity contribution >= 4 is 46.0 Å². The van der Waals surface area contributed by atoms with Crippen LogP contribution in [-0.4, -0.2) is 14.1 Å². The van der Waals surface area contributed by atoms with Gasteiger partial charge in [-0.1, -0.05) is 23.2 Å². The third-order valence-electron chi connectivity index (χ3n) is 6.91. The van der Waals surface area contributed by atoms with E-state index in [1.165, 1.54) is 6.42 Å². The summed E-state index contributed by atoms with van der Waals surface area (Å²) in [4.78, 5) is 4.34. The van der Waals surface area contributed by atoms with E-state index in [4.69, 9.17) is 23.2 Å². The van der Waals surface area contributed by atoms with E-state index in [1.54, 1.807) is 0 Å². The maximum Gasteiger partial charge on any atom is 0.170 e. The summed E-state index contributed by atoms with van der Waals surface area (Å²) in [5.41, 5.74) is 4.57. The molecule has 0 radical (unpaired) electrons. The average Bonchev–Trinajstić information content (AvgIpc) is 3.61. The van der Waals surface area contributed by atoms with E-state index in [9.17, 15) is 0 Å². The summed E-state index contributed by atoms with van der Waals surface area (Å²) < 4.78 is 4.61. The molecule has 0 aliphatic heterocycles. The zero-order valence-corrected chi connectivity index (χ0v) is 25.5. The van der Waals surface area contributed by atoms with Crippen molar-refractivity contribution in [3.05, 3.63) is 108 Å². The Bertz CT molecular complexity index is 1170. The van der Waals surface area contributed by atoms with Gasteiger partial charge in [-0.25, -0.2) is 9.13 Å². The summed E-state index contributed by atoms with van der Waals surface area (Å²) >= 11 is 12.0. The van der Waals surface area contributed by atoms with Crippen LogP contribution in [0.2, 0.25) is 10.0 Å². The second-order valence-corrected chi connectivity index (χ2v) is 10.2. The molecule has 0 N–H and O–H groups in total. The molecule has 1 aliphatic rings. The topological polar surface area (TPSA) is 14.2 Å². The molecule has 2 aromatic heterocycles. The molecule has 0 unspecified atom stereocenters. The first-order valence-electron chi connectivity index (χ1n) is 11.9. The van der Waals surface area contributed by atoms with Crippen molar-refractivity contribution in [3.63, 3.8) is 0 Å². The first-order valence-corrected chi connectivity index (χ1v) is 12.7. The largest absolute Gasteiger partial charge is 1.00 e. The number of hydrogen-bond acceptors (Lipinski definition) is 2. The fourth-order valence-corrected chi connectivity index (χ4v) is 4.77. The highest BCUT2D eigenvalue weighted by atomic mass is 79.9. The molecular weight excluding hydrogens is 635 g/mol. The van der Waals surface area contributed by atoms with Gasteiger partial charge >= 0.3 is 0 Å². The van der Waals surface area contributed by atoms with Crippen molar-refractivity contribution in [2.75, 3.05) is 23.9 Å². The molecule has 2 heterocycles. The second-order valence-electron chi connectivity index (χ2n) is 9.33. The summed E-state index contributed by atoms with van der Waals surface area (Å²) in [5, 5.41) is 1.51. The van der Waals surface area contributed by atoms with E-state index >= 15 is 0 Å². The van der Waals surface area contributed by atoms with Gasteiger partial charge in [0.2, 0.25) is 0 Å². The summed E-state index contributed by atoms with van der Waals surface area (Å²) in [6.45, 7) is 2.13. The van der Waals surface area contributed by atoms with Gasteiger partial charge in [-0.3, -0.25) is 0 Å². The number of pyridine rings is 2. The molecule has 1 aliphatic carbocycles. The number of hydrogen-bond donors (Lipinski definition) is 0. The molecule has 0 bridgehead atoms. The van der Waals surface area contributed by atoms with Crippen LogP contribution in [0.25, 0.3) is 0 Å². The summed E-state index contributed by atoms with van der Waals surface area (Å²) in [6, 6.07) is 24.6. The molecule has 1 fully saturated rings. The zero-order chi connectivity index (χ0) is 24.4. The standard InChI is InChI=1S/C29H30Cl2N4.2BrH/c1-32(26-7-3-24(30)4-8-26)28-11-15-34(16-12-28)20-22-19-23(22)21-35-17-13-29(14-18-35)33(2)27-9-5-25(31)6-10-27;;/h3-18,22-23H,19-21H2,1-2H3;2*1H/q+2;;/p-2/t22-,23-;;/m0../s1. The number of benzene rings is 2. The van der Waals surface area contributed by atoms with Gasteiger partial charge in [0, 0.05) is 71.6 Å². The highest BCUT2D eigenvalue weighted by Crippen LogP contribution is 2.39. The Balaban J connectivity index is 0.00000190. The lowest BCUT2D eigenvalue weighted by Gasteiger charge is -2.18. The van der Waals surface area contributed by atoms with Crippen LogP contribution in [0.15, 0.2) is 97.6 Å². The van der Waals surface area contributed by atoms with Gasteiger partial charge in [0.1, 0.15) is 0 Å². The molecule has 4 aromatic rings. The van der Waals surface area contributed by atoms with E-state index in [1.807, 2.05) is 48.5 Å². The molecule has 37 heavy (non-hydrogen) atoms. The van der Waals surface area contributed by atoms with E-state index < -0.39 is 0 Å². The number of aromatic nitrogens is 2. The molecular formula is C29H30Br2Cl2N4. The van der Waals surface area contributed by atoms with Crippen molar-refractivity contribution < 1.29 is 43.1 Å². The second kappa shape index (κ2) is 13.1. The Kier molecular flexibility index (Phi) is 10.4. The SMILES string of the molecule is CN(c1ccc(Cl)cc1)c1cc[n+](C[C@@H]2C[C@H]2C[n+]2ccc(N(C)c3ccc(Cl)cc3)cc2)cc1.[Br-].[Br-]. The number of nitrogens with zero attached hydrogens (tertiary/aromatic N) is 4. The Hall–Kier alpha value is -2.12. The molecule has 2 aromatic carbocycles. The molecule has 2 atom stereocenters. The fraction of sp³-hybridized carbons (Fsp3) is 0.241. The highest BCUT2D eigenvalue weighted by Gasteiger charge is 2.42. The lowest BCUT2D eigenvalue weighted by atomic mass is 10.2. The first-order chi connectivity index (χ1) is 17.0. The molecule has 0 spiro atoms. The van der Waals surface area contributed by atoms with Crippen LogP contribution in [0.3, 0.4) is 0 Å². The summed E-state index contributed by atoms with van der Waals surface area (Å²) in [5.74, 6) is 1.45. The smallest absolute Gasteiger partial charge is 0.170 e. The minimum absolute atomic E-state index is 0. The average molecular weight is 665 g/mol. The Morgan fingerprint density at radius 3 is 1.19 bits per heavy atom. The normalized spacial score (nSPS) is 15.8.